The van der Waals surface area contributed by atoms with Gasteiger partial charge in [-0.3, -0.25) is 4.98 Å². The van der Waals surface area contributed by atoms with E-state index in [2.05, 4.69) is 80.5 Å². The van der Waals surface area contributed by atoms with E-state index >= 15 is 0 Å². The lowest BCUT2D eigenvalue weighted by molar-refractivity contribution is 0.575. The van der Waals surface area contributed by atoms with Crippen molar-refractivity contribution >= 4 is 50.3 Å². The number of hydrogen-bond donors (Lipinski definition) is 1. The van der Waals surface area contributed by atoms with Gasteiger partial charge in [0, 0.05) is 16.8 Å². The van der Waals surface area contributed by atoms with Gasteiger partial charge in [-0.15, -0.1) is 11.3 Å². The second-order valence-electron chi connectivity index (χ2n) is 6.16. The van der Waals surface area contributed by atoms with Gasteiger partial charge >= 0.3 is 0 Å². The zero-order chi connectivity index (χ0) is 18.1. The molecule has 0 saturated carbocycles. The third-order valence-electron chi connectivity index (χ3n) is 4.61. The van der Waals surface area contributed by atoms with Crippen LogP contribution in [0.2, 0.25) is 0 Å². The first-order chi connectivity index (χ1) is 12.7. The normalized spacial score (nSPS) is 19.6. The number of rotatable bonds is 4. The molecule has 3 aromatic rings. The minimum absolute atomic E-state index is 0.0140. The molecule has 0 radical (unpaired) electrons. The third kappa shape index (κ3) is 3.29. The Hall–Kier alpha value is -1.76. The van der Waals surface area contributed by atoms with E-state index in [0.29, 0.717) is 0 Å². The molecule has 6 heteroatoms. The fraction of sp³-hybridized carbons (Fsp3) is 0.200. The molecule has 0 unspecified atom stereocenters. The average Bonchev–Trinajstić information content (AvgIpc) is 3.25. The van der Waals surface area contributed by atoms with Gasteiger partial charge in [0.15, 0.2) is 5.11 Å². The Kier molecular flexibility index (Phi) is 5.07. The minimum Gasteiger partial charge on any atom is -0.351 e. The summed E-state index contributed by atoms with van der Waals surface area (Å²) in [5.74, 6) is 0. The van der Waals surface area contributed by atoms with Crippen molar-refractivity contribution in [2.24, 2.45) is 0 Å². The molecule has 4 rings (SSSR count). The minimum atomic E-state index is 0.0140. The molecule has 1 N–H and O–H groups in total. The summed E-state index contributed by atoms with van der Waals surface area (Å²) in [5.41, 5.74) is 3.42. The Morgan fingerprint density at radius 3 is 2.58 bits per heavy atom. The molecule has 3 heterocycles. The Bertz CT molecular complexity index is 908. The van der Waals surface area contributed by atoms with Gasteiger partial charge < -0.3 is 10.2 Å². The highest BCUT2D eigenvalue weighted by Gasteiger charge is 2.41. The maximum atomic E-state index is 5.72. The van der Waals surface area contributed by atoms with Crippen LogP contribution in [0.4, 0.5) is 5.69 Å². The van der Waals surface area contributed by atoms with E-state index in [-0.39, 0.29) is 12.1 Å². The van der Waals surface area contributed by atoms with Gasteiger partial charge in [-0.1, -0.05) is 25.1 Å². The van der Waals surface area contributed by atoms with Crippen LogP contribution in [-0.2, 0) is 6.42 Å². The first kappa shape index (κ1) is 17.6. The summed E-state index contributed by atoms with van der Waals surface area (Å²) in [6.45, 7) is 2.17. The number of hydrogen-bond acceptors (Lipinski definition) is 3. The highest BCUT2D eigenvalue weighted by atomic mass is 79.9. The lowest BCUT2D eigenvalue weighted by Crippen LogP contribution is -2.29. The van der Waals surface area contributed by atoms with Crippen LogP contribution in [-0.4, -0.2) is 10.1 Å². The van der Waals surface area contributed by atoms with Crippen LogP contribution in [0, 0.1) is 0 Å². The average molecular weight is 444 g/mol. The topological polar surface area (TPSA) is 28.2 Å². The first-order valence-electron chi connectivity index (χ1n) is 8.52. The molecular formula is C20H18BrN3S2. The number of aromatic nitrogens is 1. The highest BCUT2D eigenvalue weighted by molar-refractivity contribution is 9.11. The smallest absolute Gasteiger partial charge is 0.174 e. The summed E-state index contributed by atoms with van der Waals surface area (Å²) < 4.78 is 1.12. The molecule has 0 aliphatic carbocycles. The number of thiocarbonyl (C=S) groups is 1. The van der Waals surface area contributed by atoms with Crippen LogP contribution in [0.15, 0.2) is 64.6 Å². The number of aryl methyl sites for hydroxylation is 1. The lowest BCUT2D eigenvalue weighted by Gasteiger charge is -2.27. The van der Waals surface area contributed by atoms with Crippen molar-refractivity contribution in [3.8, 4) is 0 Å². The molecular weight excluding hydrogens is 426 g/mol. The fourth-order valence-electron chi connectivity index (χ4n) is 3.30. The van der Waals surface area contributed by atoms with E-state index < -0.39 is 0 Å². The monoisotopic (exact) mass is 443 g/mol. The molecule has 1 saturated heterocycles. The summed E-state index contributed by atoms with van der Waals surface area (Å²) >= 11 is 11.1. The largest absolute Gasteiger partial charge is 0.351 e. The van der Waals surface area contributed by atoms with Crippen molar-refractivity contribution in [1.29, 1.82) is 0 Å². The highest BCUT2D eigenvalue weighted by Crippen LogP contribution is 2.44. The summed E-state index contributed by atoms with van der Waals surface area (Å²) in [6.07, 6.45) is 2.86. The summed E-state index contributed by atoms with van der Waals surface area (Å²) in [5, 5.41) is 4.23. The molecule has 2 aromatic heterocycles. The van der Waals surface area contributed by atoms with Crippen molar-refractivity contribution in [1.82, 2.24) is 10.3 Å². The number of nitrogens with one attached hydrogen (secondary N) is 1. The van der Waals surface area contributed by atoms with Crippen LogP contribution < -0.4 is 10.2 Å². The van der Waals surface area contributed by atoms with Gasteiger partial charge in [0.1, 0.15) is 0 Å². The molecule has 132 valence electrons. The number of anilines is 1. The van der Waals surface area contributed by atoms with Crippen LogP contribution >= 0.6 is 39.5 Å². The molecule has 1 aromatic carbocycles. The van der Waals surface area contributed by atoms with Crippen molar-refractivity contribution in [3.05, 3.63) is 80.7 Å². The van der Waals surface area contributed by atoms with Crippen LogP contribution in [0.3, 0.4) is 0 Å². The fourth-order valence-corrected chi connectivity index (χ4v) is 5.20. The molecule has 2 atom stereocenters. The van der Waals surface area contributed by atoms with E-state index in [1.807, 2.05) is 18.3 Å². The number of halogens is 1. The molecule has 1 fully saturated rings. The SMILES string of the molecule is CCc1ccc(N2C(=S)N[C@H](c3ccccn3)[C@@H]2c2ccc(Br)s2)cc1. The summed E-state index contributed by atoms with van der Waals surface area (Å²) in [7, 11) is 0. The van der Waals surface area contributed by atoms with Gasteiger partial charge in [0.05, 0.1) is 21.6 Å². The van der Waals surface area contributed by atoms with Crippen molar-refractivity contribution < 1.29 is 0 Å². The van der Waals surface area contributed by atoms with Crippen LogP contribution in [0.25, 0.3) is 0 Å². The zero-order valence-electron chi connectivity index (χ0n) is 14.2. The van der Waals surface area contributed by atoms with Crippen molar-refractivity contribution in [3.63, 3.8) is 0 Å². The third-order valence-corrected chi connectivity index (χ3v) is 6.62. The van der Waals surface area contributed by atoms with Gasteiger partial charge in [-0.2, -0.15) is 0 Å². The Morgan fingerprint density at radius 1 is 1.15 bits per heavy atom. The van der Waals surface area contributed by atoms with Crippen molar-refractivity contribution in [2.75, 3.05) is 4.90 Å². The standard InChI is InChI=1S/C20H18BrN3S2/c1-2-13-6-8-14(9-7-13)24-19(16-10-11-17(21)26-16)18(23-20(24)25)15-5-3-4-12-22-15/h3-12,18-19H,2H2,1H3,(H,23,25)/t18-,19+/m1/s1. The summed E-state index contributed by atoms with van der Waals surface area (Å²) in [6, 6.07) is 19.0. The molecule has 26 heavy (non-hydrogen) atoms. The molecule has 3 nitrogen and oxygen atoms in total. The van der Waals surface area contributed by atoms with E-state index in [0.717, 1.165) is 26.7 Å². The van der Waals surface area contributed by atoms with E-state index in [9.17, 15) is 0 Å². The van der Waals surface area contributed by atoms with Gasteiger partial charge in [0.2, 0.25) is 0 Å². The summed E-state index contributed by atoms with van der Waals surface area (Å²) in [4.78, 5) is 8.04. The first-order valence-corrected chi connectivity index (χ1v) is 10.5. The second-order valence-corrected chi connectivity index (χ2v) is 9.04. The molecule has 0 bridgehead atoms. The Labute approximate surface area is 171 Å². The predicted octanol–water partition coefficient (Wildman–Crippen LogP) is 5.65. The van der Waals surface area contributed by atoms with Gasteiger partial charge in [-0.05, 0) is 76.5 Å². The number of thiophene rings is 1. The quantitative estimate of drug-likeness (QED) is 0.527. The zero-order valence-corrected chi connectivity index (χ0v) is 17.4. The van der Waals surface area contributed by atoms with Gasteiger partial charge in [0.25, 0.3) is 0 Å². The van der Waals surface area contributed by atoms with Crippen molar-refractivity contribution in [2.45, 2.75) is 25.4 Å². The maximum Gasteiger partial charge on any atom is 0.174 e. The molecule has 1 aliphatic rings. The Balaban J connectivity index is 1.79. The molecule has 0 spiro atoms. The predicted molar refractivity (Wildman–Crippen MR) is 116 cm³/mol. The second kappa shape index (κ2) is 7.47. The molecule has 1 aliphatic heterocycles. The Morgan fingerprint density at radius 2 is 1.96 bits per heavy atom. The lowest BCUT2D eigenvalue weighted by atomic mass is 10.0. The van der Waals surface area contributed by atoms with E-state index in [1.54, 1.807) is 11.3 Å². The van der Waals surface area contributed by atoms with E-state index in [1.165, 1.54) is 10.4 Å². The van der Waals surface area contributed by atoms with Gasteiger partial charge in [-0.25, -0.2) is 0 Å². The number of nitrogens with zero attached hydrogens (tertiary/aromatic N) is 2. The van der Waals surface area contributed by atoms with Crippen LogP contribution in [0.5, 0.6) is 0 Å². The van der Waals surface area contributed by atoms with E-state index in [4.69, 9.17) is 12.2 Å². The number of pyridine rings is 1. The number of benzene rings is 1. The maximum absolute atomic E-state index is 5.72. The van der Waals surface area contributed by atoms with Crippen LogP contribution in [0.1, 0.15) is 35.1 Å². The molecule has 0 amide bonds.